The average Bonchev–Trinajstić information content (AvgIpc) is 2.23. The lowest BCUT2D eigenvalue weighted by atomic mass is 10.1. The monoisotopic (exact) mass is 329 g/mol. The van der Waals surface area contributed by atoms with E-state index in [-0.39, 0.29) is 6.20 Å². The van der Waals surface area contributed by atoms with E-state index in [0.29, 0.717) is 0 Å². The third-order valence-corrected chi connectivity index (χ3v) is 2.30. The maximum absolute atomic E-state index is 12.7. The molecule has 0 amide bonds. The molecule has 0 radical (unpaired) electrons. The molecule has 0 saturated carbocycles. The molecule has 0 aliphatic carbocycles. The lowest BCUT2D eigenvalue weighted by Crippen LogP contribution is -2.21. The molecule has 1 aromatic rings. The molecule has 2 nitrogen and oxygen atoms in total. The number of pyridine rings is 1. The van der Waals surface area contributed by atoms with Crippen LogP contribution in [0.1, 0.15) is 23.2 Å². The maximum Gasteiger partial charge on any atom is 0.573 e. The van der Waals surface area contributed by atoms with Crippen LogP contribution in [0.4, 0.5) is 35.1 Å². The summed E-state index contributed by atoms with van der Waals surface area (Å²) >= 11 is 5.12. The topological polar surface area (TPSA) is 22.1 Å². The van der Waals surface area contributed by atoms with E-state index in [4.69, 9.17) is 11.6 Å². The van der Waals surface area contributed by atoms with Crippen LogP contribution < -0.4 is 4.74 Å². The van der Waals surface area contributed by atoms with Crippen molar-refractivity contribution in [3.63, 3.8) is 0 Å². The zero-order valence-corrected chi connectivity index (χ0v) is 9.87. The molecular weight excluding hydrogens is 326 g/mol. The van der Waals surface area contributed by atoms with Gasteiger partial charge < -0.3 is 4.74 Å². The van der Waals surface area contributed by atoms with Gasteiger partial charge in [-0.25, -0.2) is 13.8 Å². The van der Waals surface area contributed by atoms with Gasteiger partial charge in [-0.1, -0.05) is 0 Å². The lowest BCUT2D eigenvalue weighted by molar-refractivity contribution is -0.275. The normalized spacial score (nSPS) is 12.9. The Labute approximate surface area is 111 Å². The first-order valence-electron chi connectivity index (χ1n) is 4.66. The van der Waals surface area contributed by atoms with Gasteiger partial charge in [0.25, 0.3) is 6.43 Å². The van der Waals surface area contributed by atoms with Crippen molar-refractivity contribution in [2.45, 2.75) is 24.8 Å². The van der Waals surface area contributed by atoms with Gasteiger partial charge in [-0.2, -0.15) is 13.2 Å². The minimum atomic E-state index is -5.35. The van der Waals surface area contributed by atoms with E-state index in [1.54, 1.807) is 0 Å². The van der Waals surface area contributed by atoms with Gasteiger partial charge in [0.1, 0.15) is 5.69 Å². The second-order valence-electron chi connectivity index (χ2n) is 3.34. The van der Waals surface area contributed by atoms with E-state index < -0.39 is 47.4 Å². The molecule has 0 saturated heterocycles. The third kappa shape index (κ3) is 3.84. The summed E-state index contributed by atoms with van der Waals surface area (Å²) in [6, 6.07) is 0. The fourth-order valence-electron chi connectivity index (χ4n) is 1.37. The van der Waals surface area contributed by atoms with E-state index in [9.17, 15) is 35.1 Å². The molecule has 1 rings (SSSR count). The second kappa shape index (κ2) is 5.58. The second-order valence-corrected chi connectivity index (χ2v) is 3.61. The van der Waals surface area contributed by atoms with Crippen molar-refractivity contribution in [3.05, 3.63) is 23.0 Å². The highest BCUT2D eigenvalue weighted by molar-refractivity contribution is 6.17. The van der Waals surface area contributed by atoms with Gasteiger partial charge in [-0.05, 0) is 0 Å². The Bertz CT molecular complexity index is 484. The molecule has 114 valence electrons. The van der Waals surface area contributed by atoms with Crippen molar-refractivity contribution >= 4 is 11.6 Å². The van der Waals surface area contributed by atoms with Crippen molar-refractivity contribution in [2.75, 3.05) is 0 Å². The van der Waals surface area contributed by atoms with Crippen LogP contribution >= 0.6 is 11.6 Å². The van der Waals surface area contributed by atoms with Crippen molar-refractivity contribution < 1.29 is 39.9 Å². The Hall–Kier alpha value is -1.32. The quantitative estimate of drug-likeness (QED) is 0.593. The molecule has 0 unspecified atom stereocenters. The average molecular weight is 330 g/mol. The van der Waals surface area contributed by atoms with Crippen LogP contribution in [-0.4, -0.2) is 11.3 Å². The SMILES string of the molecule is FC(F)c1c(OC(F)(F)F)cnc(C(F)(F)F)c1CCl. The van der Waals surface area contributed by atoms with Crippen LogP contribution in [0, 0.1) is 0 Å². The smallest absolute Gasteiger partial charge is 0.404 e. The Morgan fingerprint density at radius 2 is 1.70 bits per heavy atom. The molecule has 0 N–H and O–H groups in total. The first kappa shape index (κ1) is 16.7. The maximum atomic E-state index is 12.7. The standard InChI is InChI=1S/C9H4ClF8NO/c10-1-3-5(7(11)12)4(20-9(16,17)18)2-19-6(3)8(13,14)15/h2,7H,1H2. The van der Waals surface area contributed by atoms with Crippen LogP contribution in [0.25, 0.3) is 0 Å². The molecule has 0 bridgehead atoms. The van der Waals surface area contributed by atoms with Crippen molar-refractivity contribution in [1.29, 1.82) is 0 Å². The predicted octanol–water partition coefficient (Wildman–Crippen LogP) is 4.68. The molecule has 0 aliphatic heterocycles. The summed E-state index contributed by atoms with van der Waals surface area (Å²) in [6.07, 6.45) is -14.2. The highest BCUT2D eigenvalue weighted by Crippen LogP contribution is 2.41. The van der Waals surface area contributed by atoms with Gasteiger partial charge in [0.05, 0.1) is 17.6 Å². The number of nitrogens with zero attached hydrogens (tertiary/aromatic N) is 1. The summed E-state index contributed by atoms with van der Waals surface area (Å²) in [5.41, 5.74) is -4.62. The predicted molar refractivity (Wildman–Crippen MR) is 50.4 cm³/mol. The van der Waals surface area contributed by atoms with Gasteiger partial charge in [0.15, 0.2) is 5.75 Å². The Balaban J connectivity index is 3.50. The molecule has 0 spiro atoms. The molecule has 11 heteroatoms. The number of rotatable bonds is 3. The van der Waals surface area contributed by atoms with Crippen LogP contribution in [0.3, 0.4) is 0 Å². The van der Waals surface area contributed by atoms with E-state index >= 15 is 0 Å². The number of hydrogen-bond donors (Lipinski definition) is 0. The summed E-state index contributed by atoms with van der Waals surface area (Å²) in [5, 5.41) is 0. The van der Waals surface area contributed by atoms with Crippen LogP contribution in [0.15, 0.2) is 6.20 Å². The summed E-state index contributed by atoms with van der Waals surface area (Å²) in [4.78, 5) is 2.68. The molecule has 0 aliphatic rings. The zero-order chi connectivity index (χ0) is 15.7. The first-order chi connectivity index (χ1) is 8.97. The zero-order valence-electron chi connectivity index (χ0n) is 9.12. The molecule has 1 aromatic heterocycles. The van der Waals surface area contributed by atoms with Gasteiger partial charge in [-0.3, -0.25) is 0 Å². The molecule has 20 heavy (non-hydrogen) atoms. The van der Waals surface area contributed by atoms with Crippen LogP contribution in [0.2, 0.25) is 0 Å². The Morgan fingerprint density at radius 1 is 1.15 bits per heavy atom. The number of ether oxygens (including phenoxy) is 1. The minimum absolute atomic E-state index is 0.0617. The highest BCUT2D eigenvalue weighted by Gasteiger charge is 2.40. The van der Waals surface area contributed by atoms with Crippen LogP contribution in [0.5, 0.6) is 5.75 Å². The fourth-order valence-corrected chi connectivity index (χ4v) is 1.64. The van der Waals surface area contributed by atoms with Crippen LogP contribution in [-0.2, 0) is 12.1 Å². The van der Waals surface area contributed by atoms with Crippen molar-refractivity contribution in [3.8, 4) is 5.75 Å². The third-order valence-electron chi connectivity index (χ3n) is 2.03. The molecule has 0 fully saturated rings. The number of aromatic nitrogens is 1. The van der Waals surface area contributed by atoms with Gasteiger partial charge in [0.2, 0.25) is 0 Å². The lowest BCUT2D eigenvalue weighted by Gasteiger charge is -2.18. The van der Waals surface area contributed by atoms with Crippen molar-refractivity contribution in [1.82, 2.24) is 4.98 Å². The van der Waals surface area contributed by atoms with E-state index in [0.717, 1.165) is 0 Å². The largest absolute Gasteiger partial charge is 0.573 e. The molecular formula is C9H4ClF8NO. The molecule has 0 atom stereocenters. The summed E-state index contributed by atoms with van der Waals surface area (Å²) in [5.74, 6) is -2.62. The fraction of sp³-hybridized carbons (Fsp3) is 0.444. The molecule has 0 aromatic carbocycles. The highest BCUT2D eigenvalue weighted by atomic mass is 35.5. The first-order valence-corrected chi connectivity index (χ1v) is 5.19. The number of hydrogen-bond acceptors (Lipinski definition) is 2. The summed E-state index contributed by atoms with van der Waals surface area (Å²) in [7, 11) is 0. The Kier molecular flexibility index (Phi) is 4.67. The number of alkyl halides is 9. The number of halogens is 9. The summed E-state index contributed by atoms with van der Waals surface area (Å²) < 4.78 is 102. The minimum Gasteiger partial charge on any atom is -0.404 e. The van der Waals surface area contributed by atoms with E-state index in [2.05, 4.69) is 9.72 Å². The van der Waals surface area contributed by atoms with Gasteiger partial charge in [0, 0.05) is 5.56 Å². The summed E-state index contributed by atoms with van der Waals surface area (Å²) in [6.45, 7) is 0. The van der Waals surface area contributed by atoms with E-state index in [1.807, 2.05) is 0 Å². The van der Waals surface area contributed by atoms with Crippen molar-refractivity contribution in [2.24, 2.45) is 0 Å². The van der Waals surface area contributed by atoms with Gasteiger partial charge in [-0.15, -0.1) is 24.8 Å². The van der Waals surface area contributed by atoms with E-state index in [1.165, 1.54) is 0 Å². The Morgan fingerprint density at radius 3 is 2.05 bits per heavy atom. The van der Waals surface area contributed by atoms with Gasteiger partial charge >= 0.3 is 12.5 Å². The molecule has 1 heterocycles.